The molecular formula is C11H17N3. The topological polar surface area (TPSA) is 29.9 Å². The molecule has 0 amide bonds. The lowest BCUT2D eigenvalue weighted by atomic mass is 9.92. The van der Waals surface area contributed by atoms with E-state index in [9.17, 15) is 0 Å². The predicted octanol–water partition coefficient (Wildman–Crippen LogP) is 2.03. The average molecular weight is 191 g/mol. The van der Waals surface area contributed by atoms with Crippen LogP contribution < -0.4 is 5.32 Å². The number of hydrogen-bond acceptors (Lipinski definition) is 2. The molecule has 76 valence electrons. The van der Waals surface area contributed by atoms with E-state index in [0.29, 0.717) is 6.04 Å². The third-order valence-corrected chi connectivity index (χ3v) is 3.58. The summed E-state index contributed by atoms with van der Waals surface area (Å²) in [6.45, 7) is 1.17. The van der Waals surface area contributed by atoms with Crippen LogP contribution in [0, 0.1) is 0 Å². The maximum atomic E-state index is 4.29. The van der Waals surface area contributed by atoms with Crippen molar-refractivity contribution in [3.8, 4) is 0 Å². The summed E-state index contributed by atoms with van der Waals surface area (Å²) in [4.78, 5) is 4.29. The Kier molecular flexibility index (Phi) is 2.05. The average Bonchev–Trinajstić information content (AvgIpc) is 2.66. The third-order valence-electron chi connectivity index (χ3n) is 3.58. The first-order valence-electron chi connectivity index (χ1n) is 5.70. The van der Waals surface area contributed by atoms with Crippen molar-refractivity contribution in [2.75, 3.05) is 6.54 Å². The smallest absolute Gasteiger partial charge is 0.0951 e. The van der Waals surface area contributed by atoms with Crippen molar-refractivity contribution in [1.82, 2.24) is 14.9 Å². The number of nitrogens with zero attached hydrogens (tertiary/aromatic N) is 2. The fourth-order valence-electron chi connectivity index (χ4n) is 2.49. The molecule has 1 atom stereocenters. The second-order valence-corrected chi connectivity index (χ2v) is 4.46. The molecule has 1 aromatic heterocycles. The van der Waals surface area contributed by atoms with E-state index in [-0.39, 0.29) is 0 Å². The first-order chi connectivity index (χ1) is 6.95. The predicted molar refractivity (Wildman–Crippen MR) is 55.1 cm³/mol. The molecule has 1 aliphatic carbocycles. The lowest BCUT2D eigenvalue weighted by Crippen LogP contribution is -2.22. The molecule has 1 N–H and O–H groups in total. The van der Waals surface area contributed by atoms with Crippen LogP contribution in [-0.2, 0) is 0 Å². The SMILES string of the molecule is c1ncn(C2CCC2)c1C1CCCN1. The quantitative estimate of drug-likeness (QED) is 0.775. The van der Waals surface area contributed by atoms with E-state index >= 15 is 0 Å². The second kappa shape index (κ2) is 3.39. The van der Waals surface area contributed by atoms with E-state index in [1.165, 1.54) is 44.3 Å². The van der Waals surface area contributed by atoms with E-state index in [2.05, 4.69) is 14.9 Å². The molecule has 1 aromatic rings. The Bertz CT molecular complexity index is 308. The van der Waals surface area contributed by atoms with Crippen molar-refractivity contribution in [2.24, 2.45) is 0 Å². The van der Waals surface area contributed by atoms with Gasteiger partial charge in [0.2, 0.25) is 0 Å². The maximum absolute atomic E-state index is 4.29. The molecule has 14 heavy (non-hydrogen) atoms. The van der Waals surface area contributed by atoms with Crippen molar-refractivity contribution >= 4 is 0 Å². The summed E-state index contributed by atoms with van der Waals surface area (Å²) in [6.07, 6.45) is 10.7. The second-order valence-electron chi connectivity index (χ2n) is 4.46. The summed E-state index contributed by atoms with van der Waals surface area (Å²) in [5.41, 5.74) is 1.41. The Labute approximate surface area is 84.5 Å². The molecule has 2 heterocycles. The minimum Gasteiger partial charge on any atom is -0.330 e. The van der Waals surface area contributed by atoms with Crippen molar-refractivity contribution in [1.29, 1.82) is 0 Å². The Morgan fingerprint density at radius 2 is 2.21 bits per heavy atom. The van der Waals surface area contributed by atoms with Gasteiger partial charge in [0.15, 0.2) is 0 Å². The highest BCUT2D eigenvalue weighted by atomic mass is 15.1. The largest absolute Gasteiger partial charge is 0.330 e. The first kappa shape index (κ1) is 8.48. The van der Waals surface area contributed by atoms with Crippen molar-refractivity contribution in [3.05, 3.63) is 18.2 Å². The summed E-state index contributed by atoms with van der Waals surface area (Å²) >= 11 is 0. The van der Waals surface area contributed by atoms with Crippen LogP contribution in [0.2, 0.25) is 0 Å². The van der Waals surface area contributed by atoms with Gasteiger partial charge in [-0.1, -0.05) is 0 Å². The summed E-state index contributed by atoms with van der Waals surface area (Å²) < 4.78 is 2.40. The molecule has 3 rings (SSSR count). The number of aromatic nitrogens is 2. The van der Waals surface area contributed by atoms with Gasteiger partial charge in [0, 0.05) is 18.3 Å². The molecule has 1 saturated carbocycles. The summed E-state index contributed by atoms with van der Waals surface area (Å²) in [7, 11) is 0. The fraction of sp³-hybridized carbons (Fsp3) is 0.727. The Hall–Kier alpha value is -0.830. The maximum Gasteiger partial charge on any atom is 0.0951 e. The molecule has 0 spiro atoms. The van der Waals surface area contributed by atoms with Gasteiger partial charge in [-0.3, -0.25) is 0 Å². The normalized spacial score (nSPS) is 27.9. The van der Waals surface area contributed by atoms with E-state index in [0.717, 1.165) is 6.04 Å². The first-order valence-corrected chi connectivity index (χ1v) is 5.70. The summed E-state index contributed by atoms with van der Waals surface area (Å²) in [5, 5.41) is 3.54. The van der Waals surface area contributed by atoms with Crippen molar-refractivity contribution < 1.29 is 0 Å². The molecule has 1 aliphatic heterocycles. The molecule has 0 bridgehead atoms. The van der Waals surface area contributed by atoms with Gasteiger partial charge >= 0.3 is 0 Å². The molecule has 3 nitrogen and oxygen atoms in total. The van der Waals surface area contributed by atoms with Gasteiger partial charge in [-0.15, -0.1) is 0 Å². The van der Waals surface area contributed by atoms with Crippen LogP contribution >= 0.6 is 0 Å². The lowest BCUT2D eigenvalue weighted by Gasteiger charge is -2.29. The fourth-order valence-corrected chi connectivity index (χ4v) is 2.49. The van der Waals surface area contributed by atoms with Gasteiger partial charge in [0.25, 0.3) is 0 Å². The van der Waals surface area contributed by atoms with E-state index in [4.69, 9.17) is 0 Å². The van der Waals surface area contributed by atoms with Crippen LogP contribution in [-0.4, -0.2) is 16.1 Å². The molecule has 1 unspecified atom stereocenters. The number of nitrogens with one attached hydrogen (secondary N) is 1. The monoisotopic (exact) mass is 191 g/mol. The van der Waals surface area contributed by atoms with Crippen LogP contribution in [0.3, 0.4) is 0 Å². The van der Waals surface area contributed by atoms with Crippen LogP contribution in [0.5, 0.6) is 0 Å². The molecule has 2 aliphatic rings. The molecule has 1 saturated heterocycles. The van der Waals surface area contributed by atoms with E-state index < -0.39 is 0 Å². The van der Waals surface area contributed by atoms with Gasteiger partial charge in [-0.2, -0.15) is 0 Å². The van der Waals surface area contributed by atoms with Gasteiger partial charge in [-0.25, -0.2) is 4.98 Å². The van der Waals surface area contributed by atoms with E-state index in [1.807, 2.05) is 12.5 Å². The van der Waals surface area contributed by atoms with Crippen LogP contribution in [0.4, 0.5) is 0 Å². The lowest BCUT2D eigenvalue weighted by molar-refractivity contribution is 0.301. The van der Waals surface area contributed by atoms with Crippen molar-refractivity contribution in [2.45, 2.75) is 44.2 Å². The van der Waals surface area contributed by atoms with Gasteiger partial charge in [0.05, 0.1) is 12.0 Å². The zero-order chi connectivity index (χ0) is 9.38. The van der Waals surface area contributed by atoms with Crippen LogP contribution in [0.25, 0.3) is 0 Å². The molecule has 2 fully saturated rings. The Morgan fingerprint density at radius 1 is 1.29 bits per heavy atom. The van der Waals surface area contributed by atoms with E-state index in [1.54, 1.807) is 0 Å². The highest BCUT2D eigenvalue weighted by molar-refractivity contribution is 5.09. The summed E-state index contributed by atoms with van der Waals surface area (Å²) in [5.74, 6) is 0. The minimum atomic E-state index is 0.568. The highest BCUT2D eigenvalue weighted by Crippen LogP contribution is 2.35. The van der Waals surface area contributed by atoms with Gasteiger partial charge in [0.1, 0.15) is 0 Å². The number of hydrogen-bond donors (Lipinski definition) is 1. The Morgan fingerprint density at radius 3 is 2.86 bits per heavy atom. The third kappa shape index (κ3) is 1.27. The zero-order valence-corrected chi connectivity index (χ0v) is 8.45. The molecule has 0 radical (unpaired) electrons. The standard InChI is InChI=1S/C11H17N3/c1-3-9(4-1)14-8-12-7-11(14)10-5-2-6-13-10/h7-10,13H,1-6H2. The minimum absolute atomic E-state index is 0.568. The van der Waals surface area contributed by atoms with Crippen LogP contribution in [0.15, 0.2) is 12.5 Å². The van der Waals surface area contributed by atoms with Crippen molar-refractivity contribution in [3.63, 3.8) is 0 Å². The zero-order valence-electron chi connectivity index (χ0n) is 8.45. The number of rotatable bonds is 2. The molecule has 0 aromatic carbocycles. The highest BCUT2D eigenvalue weighted by Gasteiger charge is 2.25. The van der Waals surface area contributed by atoms with Gasteiger partial charge in [-0.05, 0) is 38.6 Å². The summed E-state index contributed by atoms with van der Waals surface area (Å²) in [6, 6.07) is 1.31. The van der Waals surface area contributed by atoms with Gasteiger partial charge < -0.3 is 9.88 Å². The molecular weight excluding hydrogens is 174 g/mol. The number of imidazole rings is 1. The Balaban J connectivity index is 1.85. The van der Waals surface area contributed by atoms with Crippen LogP contribution in [0.1, 0.15) is 49.9 Å². The molecule has 3 heteroatoms.